The van der Waals surface area contributed by atoms with Gasteiger partial charge in [0, 0.05) is 5.92 Å². The van der Waals surface area contributed by atoms with E-state index < -0.39 is 20.6 Å². The minimum absolute atomic E-state index is 0.185. The van der Waals surface area contributed by atoms with Crippen LogP contribution in [0.5, 0.6) is 0 Å². The maximum Gasteiger partial charge on any atom is 0.328 e. The second kappa shape index (κ2) is 3.82. The number of fused-ring (bicyclic) bond motifs is 1. The zero-order chi connectivity index (χ0) is 12.8. The fourth-order valence-electron chi connectivity index (χ4n) is 3.11. The lowest BCUT2D eigenvalue weighted by Crippen LogP contribution is -2.45. The van der Waals surface area contributed by atoms with Crippen molar-refractivity contribution in [2.45, 2.75) is 28.9 Å². The van der Waals surface area contributed by atoms with Crippen LogP contribution in [0.1, 0.15) is 19.3 Å². The predicted octanol–water partition coefficient (Wildman–Crippen LogP) is 1.56. The summed E-state index contributed by atoms with van der Waals surface area (Å²) >= 11 is 0. The highest BCUT2D eigenvalue weighted by Gasteiger charge is 2.63. The van der Waals surface area contributed by atoms with Crippen molar-refractivity contribution in [3.63, 3.8) is 0 Å². The highest BCUT2D eigenvalue weighted by molar-refractivity contribution is 7.93. The number of benzene rings is 1. The van der Waals surface area contributed by atoms with Crippen LogP contribution < -0.4 is 0 Å². The van der Waals surface area contributed by atoms with Crippen molar-refractivity contribution in [3.05, 3.63) is 30.3 Å². The molecule has 1 heterocycles. The van der Waals surface area contributed by atoms with Gasteiger partial charge in [0.1, 0.15) is 0 Å². The largest absolute Gasteiger partial charge is 0.464 e. The summed E-state index contributed by atoms with van der Waals surface area (Å²) in [5, 5.41) is 0. The Balaban J connectivity index is 2.16. The summed E-state index contributed by atoms with van der Waals surface area (Å²) in [7, 11) is -3.66. The molecule has 96 valence electrons. The lowest BCUT2D eigenvalue weighted by molar-refractivity contribution is -0.140. The molecule has 3 rings (SSSR count). The van der Waals surface area contributed by atoms with Gasteiger partial charge in [0.05, 0.1) is 11.5 Å². The van der Waals surface area contributed by atoms with Gasteiger partial charge in [0.2, 0.25) is 0 Å². The van der Waals surface area contributed by atoms with E-state index in [2.05, 4.69) is 0 Å². The van der Waals surface area contributed by atoms with Gasteiger partial charge in [-0.3, -0.25) is 4.79 Å². The summed E-state index contributed by atoms with van der Waals surface area (Å²) in [6.45, 7) is 0.241. The van der Waals surface area contributed by atoms with Crippen molar-refractivity contribution in [1.29, 1.82) is 0 Å². The molecule has 2 aliphatic rings. The maximum absolute atomic E-state index is 12.7. The monoisotopic (exact) mass is 266 g/mol. The van der Waals surface area contributed by atoms with Gasteiger partial charge in [-0.2, -0.15) is 0 Å². The number of rotatable bonds is 2. The van der Waals surface area contributed by atoms with Crippen LogP contribution in [0.2, 0.25) is 0 Å². The molecular formula is C13H14O4S. The topological polar surface area (TPSA) is 60.4 Å². The number of hydrogen-bond acceptors (Lipinski definition) is 4. The van der Waals surface area contributed by atoms with Crippen LogP contribution in [-0.4, -0.2) is 25.7 Å². The van der Waals surface area contributed by atoms with E-state index in [1.165, 1.54) is 0 Å². The molecular weight excluding hydrogens is 252 g/mol. The first-order valence-electron chi connectivity index (χ1n) is 6.06. The van der Waals surface area contributed by atoms with Crippen LogP contribution in [0, 0.1) is 5.92 Å². The van der Waals surface area contributed by atoms with E-state index in [1.54, 1.807) is 30.3 Å². The minimum Gasteiger partial charge on any atom is -0.464 e. The summed E-state index contributed by atoms with van der Waals surface area (Å²) in [6.07, 6.45) is 1.90. The molecule has 1 aliphatic heterocycles. The Kier molecular flexibility index (Phi) is 2.48. The molecule has 0 N–H and O–H groups in total. The van der Waals surface area contributed by atoms with Gasteiger partial charge in [0.15, 0.2) is 14.6 Å². The van der Waals surface area contributed by atoms with Gasteiger partial charge in [-0.25, -0.2) is 8.42 Å². The smallest absolute Gasteiger partial charge is 0.328 e. The fraction of sp³-hybridized carbons (Fsp3) is 0.462. The second-order valence-electron chi connectivity index (χ2n) is 4.89. The summed E-state index contributed by atoms with van der Waals surface area (Å²) in [4.78, 5) is 12.2. The average Bonchev–Trinajstić information content (AvgIpc) is 2.93. The molecule has 1 aromatic rings. The van der Waals surface area contributed by atoms with Crippen LogP contribution in [-0.2, 0) is 19.4 Å². The number of esters is 1. The van der Waals surface area contributed by atoms with E-state index >= 15 is 0 Å². The lowest BCUT2D eigenvalue weighted by atomic mass is 9.99. The molecule has 5 heteroatoms. The van der Waals surface area contributed by atoms with Crippen LogP contribution in [0.4, 0.5) is 0 Å². The molecule has 0 unspecified atom stereocenters. The SMILES string of the molecule is O=C1OC[C@@H]2CCC[C@]12S(=O)(=O)c1ccccc1. The summed E-state index contributed by atoms with van der Waals surface area (Å²) in [6, 6.07) is 8.20. The molecule has 0 bridgehead atoms. The predicted molar refractivity (Wildman–Crippen MR) is 64.7 cm³/mol. The third kappa shape index (κ3) is 1.31. The van der Waals surface area contributed by atoms with Crippen molar-refractivity contribution in [2.24, 2.45) is 5.92 Å². The lowest BCUT2D eigenvalue weighted by Gasteiger charge is -2.24. The highest BCUT2D eigenvalue weighted by Crippen LogP contribution is 2.49. The second-order valence-corrected chi connectivity index (χ2v) is 7.10. The Morgan fingerprint density at radius 3 is 2.67 bits per heavy atom. The molecule has 0 aromatic heterocycles. The molecule has 2 atom stereocenters. The zero-order valence-corrected chi connectivity index (χ0v) is 10.7. The summed E-state index contributed by atoms with van der Waals surface area (Å²) < 4.78 is 29.2. The molecule has 1 saturated heterocycles. The van der Waals surface area contributed by atoms with Gasteiger partial charge < -0.3 is 4.74 Å². The number of carbonyl (C=O) groups excluding carboxylic acids is 1. The van der Waals surface area contributed by atoms with Gasteiger partial charge >= 0.3 is 5.97 Å². The van der Waals surface area contributed by atoms with Crippen molar-refractivity contribution >= 4 is 15.8 Å². The van der Waals surface area contributed by atoms with E-state index in [9.17, 15) is 13.2 Å². The van der Waals surface area contributed by atoms with Crippen molar-refractivity contribution in [1.82, 2.24) is 0 Å². The van der Waals surface area contributed by atoms with Crippen molar-refractivity contribution < 1.29 is 17.9 Å². The Hall–Kier alpha value is -1.36. The maximum atomic E-state index is 12.7. The Morgan fingerprint density at radius 1 is 1.22 bits per heavy atom. The normalized spacial score (nSPS) is 31.1. The molecule has 0 radical (unpaired) electrons. The first kappa shape index (κ1) is 11.7. The van der Waals surface area contributed by atoms with Gasteiger partial charge in [-0.1, -0.05) is 24.6 Å². The molecule has 0 amide bonds. The number of ether oxygens (including phenoxy) is 1. The quantitative estimate of drug-likeness (QED) is 0.762. The van der Waals surface area contributed by atoms with E-state index in [0.717, 1.165) is 12.8 Å². The number of hydrogen-bond donors (Lipinski definition) is 0. The standard InChI is InChI=1S/C13H14O4S/c14-12-13(8-4-5-10(13)9-17-12)18(15,16)11-6-2-1-3-7-11/h1-3,6-7,10H,4-5,8-9H2/t10-,13+/m0/s1. The fourth-order valence-corrected chi connectivity index (χ4v) is 5.36. The van der Waals surface area contributed by atoms with E-state index in [4.69, 9.17) is 4.74 Å². The van der Waals surface area contributed by atoms with E-state index in [0.29, 0.717) is 6.42 Å². The van der Waals surface area contributed by atoms with Crippen molar-refractivity contribution in [3.8, 4) is 0 Å². The Labute approximate surface area is 106 Å². The number of cyclic esters (lactones) is 1. The zero-order valence-electron chi connectivity index (χ0n) is 9.83. The third-order valence-electron chi connectivity index (χ3n) is 4.05. The average molecular weight is 266 g/mol. The summed E-state index contributed by atoms with van der Waals surface area (Å²) in [5.74, 6) is -0.746. The first-order valence-corrected chi connectivity index (χ1v) is 7.54. The van der Waals surface area contributed by atoms with Gasteiger partial charge in [-0.05, 0) is 25.0 Å². The molecule has 1 saturated carbocycles. The minimum atomic E-state index is -3.66. The van der Waals surface area contributed by atoms with Crippen LogP contribution >= 0.6 is 0 Å². The first-order chi connectivity index (χ1) is 8.59. The van der Waals surface area contributed by atoms with Crippen LogP contribution in [0.15, 0.2) is 35.2 Å². The van der Waals surface area contributed by atoms with E-state index in [-0.39, 0.29) is 17.4 Å². The molecule has 18 heavy (non-hydrogen) atoms. The van der Waals surface area contributed by atoms with Gasteiger partial charge in [0.25, 0.3) is 0 Å². The van der Waals surface area contributed by atoms with E-state index in [1.807, 2.05) is 0 Å². The van der Waals surface area contributed by atoms with Crippen LogP contribution in [0.3, 0.4) is 0 Å². The molecule has 4 nitrogen and oxygen atoms in total. The highest BCUT2D eigenvalue weighted by atomic mass is 32.2. The molecule has 1 aliphatic carbocycles. The van der Waals surface area contributed by atoms with Gasteiger partial charge in [-0.15, -0.1) is 0 Å². The third-order valence-corrected chi connectivity index (χ3v) is 6.61. The molecule has 0 spiro atoms. The Morgan fingerprint density at radius 2 is 1.94 bits per heavy atom. The van der Waals surface area contributed by atoms with Crippen molar-refractivity contribution in [2.75, 3.05) is 6.61 Å². The molecule has 1 aromatic carbocycles. The number of carbonyl (C=O) groups is 1. The summed E-state index contributed by atoms with van der Waals surface area (Å²) in [5.41, 5.74) is 0. The number of sulfone groups is 1. The van der Waals surface area contributed by atoms with Crippen LogP contribution in [0.25, 0.3) is 0 Å². The Bertz CT molecular complexity index is 578. The molecule has 2 fully saturated rings.